The summed E-state index contributed by atoms with van der Waals surface area (Å²) in [6, 6.07) is 8.69. The lowest BCUT2D eigenvalue weighted by molar-refractivity contribution is 0.490. The molecule has 0 saturated heterocycles. The molecule has 0 aromatic heterocycles. The van der Waals surface area contributed by atoms with E-state index < -0.39 is 22.8 Å². The van der Waals surface area contributed by atoms with Crippen LogP contribution in [0.2, 0.25) is 0 Å². The quantitative estimate of drug-likeness (QED) is 0.491. The van der Waals surface area contributed by atoms with E-state index in [1.54, 1.807) is 12.1 Å². The lowest BCUT2D eigenvalue weighted by Crippen LogP contribution is -2.11. The summed E-state index contributed by atoms with van der Waals surface area (Å²) in [5, 5.41) is -0.867. The standard InChI is InChI=1S/C17H16ClF3/c1-17(2,3)11-6-4-10(5-7-11)16(18)12-8-14(20)15(21)9-13(12)19/h4-9,16H,1-3H3. The Kier molecular flexibility index (Phi) is 4.33. The van der Waals surface area contributed by atoms with Crippen LogP contribution in [0.4, 0.5) is 13.2 Å². The van der Waals surface area contributed by atoms with Crippen LogP contribution in [0.25, 0.3) is 0 Å². The number of hydrogen-bond donors (Lipinski definition) is 0. The van der Waals surface area contributed by atoms with Crippen LogP contribution >= 0.6 is 11.6 Å². The van der Waals surface area contributed by atoms with Crippen LogP contribution in [0.3, 0.4) is 0 Å². The normalized spacial score (nSPS) is 13.3. The summed E-state index contributed by atoms with van der Waals surface area (Å²) in [5.74, 6) is -3.18. The van der Waals surface area contributed by atoms with Crippen molar-refractivity contribution >= 4 is 11.6 Å². The monoisotopic (exact) mass is 312 g/mol. The van der Waals surface area contributed by atoms with Crippen molar-refractivity contribution < 1.29 is 13.2 Å². The molecule has 0 N–H and O–H groups in total. The smallest absolute Gasteiger partial charge is 0.161 e. The van der Waals surface area contributed by atoms with Gasteiger partial charge >= 0.3 is 0 Å². The maximum absolute atomic E-state index is 13.7. The van der Waals surface area contributed by atoms with Crippen LogP contribution in [0.1, 0.15) is 42.8 Å². The van der Waals surface area contributed by atoms with Crippen molar-refractivity contribution in [3.8, 4) is 0 Å². The highest BCUT2D eigenvalue weighted by Gasteiger charge is 2.20. The predicted octanol–water partition coefficient (Wildman–Crippen LogP) is 5.73. The van der Waals surface area contributed by atoms with Crippen molar-refractivity contribution in [1.82, 2.24) is 0 Å². The second kappa shape index (κ2) is 5.72. The lowest BCUT2D eigenvalue weighted by Gasteiger charge is -2.20. The van der Waals surface area contributed by atoms with Crippen molar-refractivity contribution in [1.29, 1.82) is 0 Å². The second-order valence-corrected chi connectivity index (χ2v) is 6.46. The molecule has 0 spiro atoms. The maximum Gasteiger partial charge on any atom is 0.161 e. The average Bonchev–Trinajstić information content (AvgIpc) is 2.41. The minimum Gasteiger partial charge on any atom is -0.207 e. The molecule has 1 unspecified atom stereocenters. The number of benzene rings is 2. The van der Waals surface area contributed by atoms with Crippen LogP contribution in [0, 0.1) is 17.5 Å². The molecule has 2 rings (SSSR count). The third-order valence-corrected chi connectivity index (χ3v) is 3.87. The minimum atomic E-state index is -1.22. The van der Waals surface area contributed by atoms with Gasteiger partial charge in [0, 0.05) is 11.6 Å². The fourth-order valence-corrected chi connectivity index (χ4v) is 2.38. The molecule has 4 heteroatoms. The molecule has 0 heterocycles. The zero-order chi connectivity index (χ0) is 15.8. The van der Waals surface area contributed by atoms with E-state index in [4.69, 9.17) is 11.6 Å². The molecule has 0 saturated carbocycles. The van der Waals surface area contributed by atoms with Gasteiger partial charge in [0.1, 0.15) is 5.82 Å². The number of halogens is 4. The number of rotatable bonds is 2. The van der Waals surface area contributed by atoms with Gasteiger partial charge in [0.05, 0.1) is 5.38 Å². The highest BCUT2D eigenvalue weighted by molar-refractivity contribution is 6.22. The third-order valence-electron chi connectivity index (χ3n) is 3.38. The highest BCUT2D eigenvalue weighted by atomic mass is 35.5. The second-order valence-electron chi connectivity index (χ2n) is 6.02. The molecule has 0 radical (unpaired) electrons. The summed E-state index contributed by atoms with van der Waals surface area (Å²) < 4.78 is 40.0. The molecule has 1 atom stereocenters. The third kappa shape index (κ3) is 3.41. The minimum absolute atomic E-state index is 0.00638. The topological polar surface area (TPSA) is 0 Å². The largest absolute Gasteiger partial charge is 0.207 e. The van der Waals surface area contributed by atoms with Gasteiger partial charge in [-0.3, -0.25) is 0 Å². The summed E-state index contributed by atoms with van der Waals surface area (Å²) in [6.45, 7) is 6.24. The average molecular weight is 313 g/mol. The molecule has 2 aromatic rings. The van der Waals surface area contributed by atoms with Crippen molar-refractivity contribution in [3.05, 3.63) is 70.5 Å². The van der Waals surface area contributed by atoms with E-state index in [0.717, 1.165) is 11.6 Å². The molecule has 2 aromatic carbocycles. The van der Waals surface area contributed by atoms with Gasteiger partial charge < -0.3 is 0 Å². The zero-order valence-corrected chi connectivity index (χ0v) is 12.8. The zero-order valence-electron chi connectivity index (χ0n) is 12.1. The Labute approximate surface area is 127 Å². The van der Waals surface area contributed by atoms with E-state index in [1.165, 1.54) is 0 Å². The van der Waals surface area contributed by atoms with Gasteiger partial charge in [-0.2, -0.15) is 0 Å². The number of alkyl halides is 1. The van der Waals surface area contributed by atoms with Gasteiger partial charge in [0.2, 0.25) is 0 Å². The van der Waals surface area contributed by atoms with Crippen LogP contribution in [-0.4, -0.2) is 0 Å². The van der Waals surface area contributed by atoms with E-state index in [2.05, 4.69) is 20.8 Å². The first-order valence-electron chi connectivity index (χ1n) is 6.59. The van der Waals surface area contributed by atoms with Crippen LogP contribution in [0.15, 0.2) is 36.4 Å². The van der Waals surface area contributed by atoms with E-state index in [-0.39, 0.29) is 11.0 Å². The maximum atomic E-state index is 13.7. The molecule has 112 valence electrons. The van der Waals surface area contributed by atoms with Gasteiger partial charge in [-0.25, -0.2) is 13.2 Å². The molecular formula is C17H16ClF3. The Morgan fingerprint density at radius 1 is 0.857 bits per heavy atom. The van der Waals surface area contributed by atoms with Crippen LogP contribution in [0.5, 0.6) is 0 Å². The predicted molar refractivity (Wildman–Crippen MR) is 79.2 cm³/mol. The van der Waals surface area contributed by atoms with Gasteiger partial charge in [-0.1, -0.05) is 45.0 Å². The Morgan fingerprint density at radius 2 is 1.38 bits per heavy atom. The fraction of sp³-hybridized carbons (Fsp3) is 0.294. The first-order valence-corrected chi connectivity index (χ1v) is 7.03. The van der Waals surface area contributed by atoms with Crippen molar-refractivity contribution in [2.75, 3.05) is 0 Å². The fourth-order valence-electron chi connectivity index (χ4n) is 2.06. The van der Waals surface area contributed by atoms with Gasteiger partial charge in [-0.15, -0.1) is 11.6 Å². The van der Waals surface area contributed by atoms with Gasteiger partial charge in [-0.05, 0) is 22.6 Å². The van der Waals surface area contributed by atoms with Crippen molar-refractivity contribution in [2.45, 2.75) is 31.6 Å². The molecule has 21 heavy (non-hydrogen) atoms. The lowest BCUT2D eigenvalue weighted by atomic mass is 9.86. The molecule has 0 amide bonds. The summed E-state index contributed by atoms with van der Waals surface area (Å²) in [7, 11) is 0. The van der Waals surface area contributed by atoms with Crippen molar-refractivity contribution in [2.24, 2.45) is 0 Å². The number of hydrogen-bond acceptors (Lipinski definition) is 0. The Hall–Kier alpha value is -1.48. The Bertz CT molecular complexity index is 642. The Balaban J connectivity index is 2.36. The van der Waals surface area contributed by atoms with Crippen LogP contribution < -0.4 is 0 Å². The molecular weight excluding hydrogens is 297 g/mol. The summed E-state index contributed by atoms with van der Waals surface area (Å²) in [5.41, 5.74) is 1.67. The van der Waals surface area contributed by atoms with E-state index in [9.17, 15) is 13.2 Å². The molecule has 0 fully saturated rings. The van der Waals surface area contributed by atoms with Crippen LogP contribution in [-0.2, 0) is 5.41 Å². The molecule has 0 nitrogen and oxygen atoms in total. The van der Waals surface area contributed by atoms with Gasteiger partial charge in [0.25, 0.3) is 0 Å². The van der Waals surface area contributed by atoms with E-state index >= 15 is 0 Å². The van der Waals surface area contributed by atoms with E-state index in [0.29, 0.717) is 11.6 Å². The van der Waals surface area contributed by atoms with Gasteiger partial charge in [0.15, 0.2) is 11.6 Å². The first kappa shape index (κ1) is 15.9. The summed E-state index contributed by atoms with van der Waals surface area (Å²) in [6.07, 6.45) is 0. The SMILES string of the molecule is CC(C)(C)c1ccc(C(Cl)c2cc(F)c(F)cc2F)cc1. The summed E-state index contributed by atoms with van der Waals surface area (Å²) in [4.78, 5) is 0. The Morgan fingerprint density at radius 3 is 1.90 bits per heavy atom. The molecule has 0 bridgehead atoms. The first-order chi connectivity index (χ1) is 9.70. The highest BCUT2D eigenvalue weighted by Crippen LogP contribution is 2.33. The summed E-state index contributed by atoms with van der Waals surface area (Å²) >= 11 is 6.20. The van der Waals surface area contributed by atoms with E-state index in [1.807, 2.05) is 12.1 Å². The molecule has 0 aliphatic heterocycles. The molecule has 0 aliphatic rings. The van der Waals surface area contributed by atoms with Crippen molar-refractivity contribution in [3.63, 3.8) is 0 Å². The molecule has 0 aliphatic carbocycles.